The van der Waals surface area contributed by atoms with E-state index in [4.69, 9.17) is 6.57 Å². The molecule has 0 aliphatic heterocycles. The van der Waals surface area contributed by atoms with E-state index in [1.54, 1.807) is 11.4 Å². The van der Waals surface area contributed by atoms with Crippen molar-refractivity contribution in [3.05, 3.63) is 40.8 Å². The van der Waals surface area contributed by atoms with Crippen molar-refractivity contribution in [1.29, 1.82) is 0 Å². The zero-order valence-electron chi connectivity index (χ0n) is 6.04. The zero-order chi connectivity index (χ0) is 8.55. The molecule has 1 nitrogen and oxygen atoms in total. The maximum Gasteiger partial charge on any atom is 0.204 e. The Hall–Kier alpha value is -1.40. The van der Waals surface area contributed by atoms with Gasteiger partial charge in [-0.2, -0.15) is 11.3 Å². The van der Waals surface area contributed by atoms with Gasteiger partial charge in [-0.05, 0) is 17.5 Å². The van der Waals surface area contributed by atoms with E-state index in [1.807, 2.05) is 0 Å². The molecule has 2 aromatic rings. The van der Waals surface area contributed by atoms with E-state index in [0.29, 0.717) is 11.1 Å². The molecule has 0 atom stereocenters. The van der Waals surface area contributed by atoms with Crippen LogP contribution in [0, 0.1) is 12.4 Å². The number of hydrogen-bond donors (Lipinski definition) is 0. The quantitative estimate of drug-likeness (QED) is 0.541. The van der Waals surface area contributed by atoms with Crippen LogP contribution in [0.3, 0.4) is 0 Å². The molecule has 1 aromatic heterocycles. The molecule has 0 spiro atoms. The van der Waals surface area contributed by atoms with Gasteiger partial charge in [-0.25, -0.2) is 9.24 Å². The van der Waals surface area contributed by atoms with Crippen LogP contribution in [0.1, 0.15) is 0 Å². The maximum atomic E-state index is 13.0. The molecule has 0 fully saturated rings. The average molecular weight is 177 g/mol. The summed E-state index contributed by atoms with van der Waals surface area (Å²) in [5.41, 5.74) is 0.529. The Morgan fingerprint density at radius 2 is 2.17 bits per heavy atom. The first-order valence-corrected chi connectivity index (χ1v) is 4.24. The Bertz CT molecular complexity index is 467. The molecule has 0 amide bonds. The molecule has 1 heterocycles. The molecule has 58 valence electrons. The fourth-order valence-electron chi connectivity index (χ4n) is 1.10. The van der Waals surface area contributed by atoms with Crippen molar-refractivity contribution < 1.29 is 4.39 Å². The lowest BCUT2D eigenvalue weighted by Crippen LogP contribution is -1.72. The molecule has 1 aromatic carbocycles. The predicted molar refractivity (Wildman–Crippen MR) is 48.0 cm³/mol. The van der Waals surface area contributed by atoms with Gasteiger partial charge in [0, 0.05) is 10.1 Å². The van der Waals surface area contributed by atoms with Gasteiger partial charge in [0.2, 0.25) is 5.69 Å². The summed E-state index contributed by atoms with van der Waals surface area (Å²) in [7, 11) is 0. The van der Waals surface area contributed by atoms with E-state index in [0.717, 1.165) is 4.70 Å². The molecule has 0 aliphatic carbocycles. The Balaban J connectivity index is 2.94. The summed E-state index contributed by atoms with van der Waals surface area (Å²) in [5.74, 6) is -0.251. The molecule has 3 heteroatoms. The highest BCUT2D eigenvalue weighted by Crippen LogP contribution is 2.32. The highest BCUT2D eigenvalue weighted by atomic mass is 32.1. The molecular weight excluding hydrogens is 173 g/mol. The van der Waals surface area contributed by atoms with Crippen LogP contribution in [-0.2, 0) is 0 Å². The third kappa shape index (κ3) is 0.892. The number of benzene rings is 1. The second-order valence-electron chi connectivity index (χ2n) is 2.34. The van der Waals surface area contributed by atoms with Crippen LogP contribution in [0.25, 0.3) is 14.9 Å². The highest BCUT2D eigenvalue weighted by molar-refractivity contribution is 7.17. The van der Waals surface area contributed by atoms with Crippen LogP contribution in [0.15, 0.2) is 23.6 Å². The van der Waals surface area contributed by atoms with Crippen molar-refractivity contribution in [3.8, 4) is 0 Å². The van der Waals surface area contributed by atoms with Crippen LogP contribution >= 0.6 is 11.3 Å². The lowest BCUT2D eigenvalue weighted by atomic mass is 10.2. The second-order valence-corrected chi connectivity index (χ2v) is 3.26. The summed E-state index contributed by atoms with van der Waals surface area (Å²) < 4.78 is 13.8. The Kier molecular flexibility index (Phi) is 1.56. The molecule has 0 unspecified atom stereocenters. The van der Waals surface area contributed by atoms with Gasteiger partial charge < -0.3 is 0 Å². The minimum absolute atomic E-state index is 0.251. The molecular formula is C9H4FNS. The summed E-state index contributed by atoms with van der Waals surface area (Å²) >= 11 is 1.40. The SMILES string of the molecule is [C-]#[N+]c1ccc(F)c2ccsc12. The number of hydrogen-bond acceptors (Lipinski definition) is 1. The number of fused-ring (bicyclic) bond motifs is 1. The first-order valence-electron chi connectivity index (χ1n) is 3.36. The number of nitrogens with zero attached hydrogens (tertiary/aromatic N) is 1. The van der Waals surface area contributed by atoms with E-state index >= 15 is 0 Å². The fraction of sp³-hybridized carbons (Fsp3) is 0. The Morgan fingerprint density at radius 3 is 2.92 bits per heavy atom. The highest BCUT2D eigenvalue weighted by Gasteiger charge is 2.05. The monoisotopic (exact) mass is 177 g/mol. The van der Waals surface area contributed by atoms with Gasteiger partial charge in [0.15, 0.2) is 0 Å². The molecule has 0 radical (unpaired) electrons. The largest absolute Gasteiger partial charge is 0.237 e. The first-order chi connectivity index (χ1) is 5.83. The lowest BCUT2D eigenvalue weighted by molar-refractivity contribution is 0.640. The summed E-state index contributed by atoms with van der Waals surface area (Å²) in [5, 5.41) is 2.34. The molecule has 0 aliphatic rings. The molecule has 0 saturated carbocycles. The van der Waals surface area contributed by atoms with Crippen LogP contribution in [0.2, 0.25) is 0 Å². The van der Waals surface area contributed by atoms with Gasteiger partial charge in [-0.1, -0.05) is 6.07 Å². The van der Waals surface area contributed by atoms with Gasteiger partial charge in [0.05, 0.1) is 6.57 Å². The second kappa shape index (κ2) is 2.58. The lowest BCUT2D eigenvalue weighted by Gasteiger charge is -1.93. The molecule has 0 bridgehead atoms. The van der Waals surface area contributed by atoms with Gasteiger partial charge in [-0.15, -0.1) is 0 Å². The third-order valence-electron chi connectivity index (χ3n) is 1.66. The zero-order valence-corrected chi connectivity index (χ0v) is 6.86. The Labute approximate surface area is 72.9 Å². The summed E-state index contributed by atoms with van der Waals surface area (Å²) in [4.78, 5) is 3.31. The molecule has 2 rings (SSSR count). The van der Waals surface area contributed by atoms with Crippen molar-refractivity contribution in [3.63, 3.8) is 0 Å². The minimum Gasteiger partial charge on any atom is -0.237 e. The first kappa shape index (κ1) is 7.26. The van der Waals surface area contributed by atoms with Crippen LogP contribution < -0.4 is 0 Å². The topological polar surface area (TPSA) is 4.36 Å². The molecule has 0 saturated heterocycles. The van der Waals surface area contributed by atoms with Crippen molar-refractivity contribution >= 4 is 27.1 Å². The van der Waals surface area contributed by atoms with E-state index in [1.165, 1.54) is 23.5 Å². The summed E-state index contributed by atoms with van der Waals surface area (Å²) in [6.07, 6.45) is 0. The molecule has 12 heavy (non-hydrogen) atoms. The third-order valence-corrected chi connectivity index (χ3v) is 2.60. The number of thiophene rings is 1. The van der Waals surface area contributed by atoms with Crippen molar-refractivity contribution in [2.24, 2.45) is 0 Å². The van der Waals surface area contributed by atoms with E-state index in [-0.39, 0.29) is 5.82 Å². The smallest absolute Gasteiger partial charge is 0.204 e. The average Bonchev–Trinajstić information content (AvgIpc) is 2.54. The summed E-state index contributed by atoms with van der Waals surface area (Å²) in [6.45, 7) is 6.84. The Morgan fingerprint density at radius 1 is 1.33 bits per heavy atom. The van der Waals surface area contributed by atoms with Gasteiger partial charge in [0.25, 0.3) is 0 Å². The number of rotatable bonds is 0. The van der Waals surface area contributed by atoms with E-state index < -0.39 is 0 Å². The predicted octanol–water partition coefficient (Wildman–Crippen LogP) is 3.59. The van der Waals surface area contributed by atoms with Gasteiger partial charge in [-0.3, -0.25) is 0 Å². The van der Waals surface area contributed by atoms with E-state index in [2.05, 4.69) is 4.85 Å². The van der Waals surface area contributed by atoms with Crippen molar-refractivity contribution in [1.82, 2.24) is 0 Å². The standard InChI is InChI=1S/C9H4FNS/c1-11-8-3-2-7(10)6-4-5-12-9(6)8/h2-5H. The molecule has 0 N–H and O–H groups in total. The minimum atomic E-state index is -0.251. The fourth-order valence-corrected chi connectivity index (χ4v) is 1.97. The van der Waals surface area contributed by atoms with Crippen LogP contribution in [-0.4, -0.2) is 0 Å². The number of halogens is 1. The van der Waals surface area contributed by atoms with E-state index in [9.17, 15) is 4.39 Å². The van der Waals surface area contributed by atoms with Gasteiger partial charge in [0.1, 0.15) is 5.82 Å². The van der Waals surface area contributed by atoms with Crippen LogP contribution in [0.4, 0.5) is 10.1 Å². The summed E-state index contributed by atoms with van der Waals surface area (Å²) in [6, 6.07) is 4.55. The van der Waals surface area contributed by atoms with Gasteiger partial charge >= 0.3 is 0 Å². The van der Waals surface area contributed by atoms with Crippen LogP contribution in [0.5, 0.6) is 0 Å². The maximum absolute atomic E-state index is 13.0. The van der Waals surface area contributed by atoms with Crippen molar-refractivity contribution in [2.45, 2.75) is 0 Å². The van der Waals surface area contributed by atoms with Crippen molar-refractivity contribution in [2.75, 3.05) is 0 Å². The normalized spacial score (nSPS) is 10.0.